The van der Waals surface area contributed by atoms with Crippen molar-refractivity contribution < 1.29 is 14.7 Å². The lowest BCUT2D eigenvalue weighted by Crippen LogP contribution is -2.49. The van der Waals surface area contributed by atoms with Crippen molar-refractivity contribution in [3.05, 3.63) is 0 Å². The fourth-order valence-corrected chi connectivity index (χ4v) is 2.59. The van der Waals surface area contributed by atoms with Gasteiger partial charge in [-0.15, -0.1) is 0 Å². The lowest BCUT2D eigenvalue weighted by Gasteiger charge is -2.24. The number of amides is 1. The Hall–Kier alpha value is -0.790. The topological polar surface area (TPSA) is 110 Å². The van der Waals surface area contributed by atoms with Gasteiger partial charge in [-0.3, -0.25) is 4.79 Å². The SMILES string of the molecule is NCCSC[C@H](N)C(=O)N1CCC[C@H]1C(=O)O. The molecule has 1 aliphatic heterocycles. The van der Waals surface area contributed by atoms with E-state index in [2.05, 4.69) is 0 Å². The summed E-state index contributed by atoms with van der Waals surface area (Å²) in [6.45, 7) is 1.04. The summed E-state index contributed by atoms with van der Waals surface area (Å²) < 4.78 is 0. The van der Waals surface area contributed by atoms with E-state index in [1.165, 1.54) is 16.7 Å². The molecule has 1 saturated heterocycles. The molecule has 1 heterocycles. The molecule has 6 nitrogen and oxygen atoms in total. The second-order valence-corrected chi connectivity index (χ2v) is 5.15. The summed E-state index contributed by atoms with van der Waals surface area (Å²) in [6, 6.07) is -1.33. The number of carboxylic acids is 1. The number of aliphatic carboxylic acids is 1. The highest BCUT2D eigenvalue weighted by Gasteiger charge is 2.35. The molecule has 0 spiro atoms. The van der Waals surface area contributed by atoms with Crippen LogP contribution in [-0.2, 0) is 9.59 Å². The second-order valence-electron chi connectivity index (χ2n) is 4.00. The van der Waals surface area contributed by atoms with Crippen LogP contribution in [0.15, 0.2) is 0 Å². The number of nitrogens with two attached hydrogens (primary N) is 2. The molecule has 0 aromatic carbocycles. The lowest BCUT2D eigenvalue weighted by molar-refractivity contribution is -0.148. The number of carbonyl (C=O) groups excluding carboxylic acids is 1. The van der Waals surface area contributed by atoms with Gasteiger partial charge in [-0.05, 0) is 12.8 Å². The minimum atomic E-state index is -0.947. The molecule has 0 saturated carbocycles. The summed E-state index contributed by atoms with van der Waals surface area (Å²) >= 11 is 1.51. The predicted molar refractivity (Wildman–Crippen MR) is 66.7 cm³/mol. The Balaban J connectivity index is 2.47. The fourth-order valence-electron chi connectivity index (χ4n) is 1.87. The van der Waals surface area contributed by atoms with Crippen LogP contribution >= 0.6 is 11.8 Å². The fraction of sp³-hybridized carbons (Fsp3) is 0.800. The second kappa shape index (κ2) is 6.83. The Bertz CT molecular complexity index is 288. The molecule has 1 fully saturated rings. The number of hydrogen-bond donors (Lipinski definition) is 3. The highest BCUT2D eigenvalue weighted by Crippen LogP contribution is 2.18. The van der Waals surface area contributed by atoms with Crippen LogP contribution in [0.3, 0.4) is 0 Å². The average molecular weight is 261 g/mol. The maximum absolute atomic E-state index is 11.9. The number of thioether (sulfide) groups is 1. The van der Waals surface area contributed by atoms with Crippen molar-refractivity contribution in [1.29, 1.82) is 0 Å². The molecule has 5 N–H and O–H groups in total. The number of carbonyl (C=O) groups is 2. The Morgan fingerprint density at radius 3 is 2.82 bits per heavy atom. The molecule has 7 heteroatoms. The zero-order chi connectivity index (χ0) is 12.8. The summed E-state index contributed by atoms with van der Waals surface area (Å²) in [6.07, 6.45) is 1.25. The molecule has 0 aromatic rings. The van der Waals surface area contributed by atoms with Gasteiger partial charge >= 0.3 is 5.97 Å². The Morgan fingerprint density at radius 1 is 1.53 bits per heavy atom. The maximum atomic E-state index is 11.9. The van der Waals surface area contributed by atoms with Gasteiger partial charge in [0.05, 0.1) is 6.04 Å². The quantitative estimate of drug-likeness (QED) is 0.533. The summed E-state index contributed by atoms with van der Waals surface area (Å²) in [4.78, 5) is 24.3. The van der Waals surface area contributed by atoms with Gasteiger partial charge in [0.1, 0.15) is 6.04 Å². The number of hydrogen-bond acceptors (Lipinski definition) is 5. The van der Waals surface area contributed by atoms with Crippen LogP contribution in [-0.4, -0.2) is 58.6 Å². The molecule has 17 heavy (non-hydrogen) atoms. The van der Waals surface area contributed by atoms with Crippen LogP contribution in [0, 0.1) is 0 Å². The van der Waals surface area contributed by atoms with Crippen molar-refractivity contribution in [3.63, 3.8) is 0 Å². The molecule has 1 amide bonds. The molecule has 98 valence electrons. The first-order valence-corrected chi connectivity index (χ1v) is 6.80. The molecule has 0 aliphatic carbocycles. The van der Waals surface area contributed by atoms with Gasteiger partial charge in [0.15, 0.2) is 0 Å². The molecule has 1 rings (SSSR count). The third-order valence-electron chi connectivity index (χ3n) is 2.70. The molecular weight excluding hydrogens is 242 g/mol. The molecule has 0 aromatic heterocycles. The number of nitrogens with zero attached hydrogens (tertiary/aromatic N) is 1. The third kappa shape index (κ3) is 3.86. The van der Waals surface area contributed by atoms with Crippen LogP contribution in [0.5, 0.6) is 0 Å². The minimum absolute atomic E-state index is 0.264. The monoisotopic (exact) mass is 261 g/mol. The van der Waals surface area contributed by atoms with Crippen molar-refractivity contribution >= 4 is 23.6 Å². The Labute approximate surface area is 105 Å². The van der Waals surface area contributed by atoms with Crippen LogP contribution in [0.2, 0.25) is 0 Å². The molecule has 0 radical (unpaired) electrons. The standard InChI is InChI=1S/C10H19N3O3S/c11-3-5-17-6-7(12)9(14)13-4-1-2-8(13)10(15)16/h7-8H,1-6,11-12H2,(H,15,16)/t7-,8-/m0/s1. The highest BCUT2D eigenvalue weighted by molar-refractivity contribution is 7.99. The van der Waals surface area contributed by atoms with Gasteiger partial charge in [-0.2, -0.15) is 11.8 Å². The van der Waals surface area contributed by atoms with E-state index in [0.29, 0.717) is 25.3 Å². The number of likely N-dealkylation sites (tertiary alicyclic amines) is 1. The molecule has 0 unspecified atom stereocenters. The lowest BCUT2D eigenvalue weighted by atomic mass is 10.2. The van der Waals surface area contributed by atoms with Gasteiger partial charge in [-0.1, -0.05) is 0 Å². The molecule has 0 bridgehead atoms. The van der Waals surface area contributed by atoms with E-state index in [-0.39, 0.29) is 5.91 Å². The zero-order valence-corrected chi connectivity index (χ0v) is 10.5. The maximum Gasteiger partial charge on any atom is 0.326 e. The Morgan fingerprint density at radius 2 is 2.24 bits per heavy atom. The molecule has 1 aliphatic rings. The summed E-state index contributed by atoms with van der Waals surface area (Å²) in [5, 5.41) is 8.97. The first kappa shape index (κ1) is 14.3. The van der Waals surface area contributed by atoms with E-state index in [4.69, 9.17) is 16.6 Å². The van der Waals surface area contributed by atoms with Gasteiger partial charge in [-0.25, -0.2) is 4.79 Å². The van der Waals surface area contributed by atoms with Crippen LogP contribution in [0.1, 0.15) is 12.8 Å². The van der Waals surface area contributed by atoms with Crippen molar-refractivity contribution in [2.45, 2.75) is 24.9 Å². The van der Waals surface area contributed by atoms with E-state index in [1.807, 2.05) is 0 Å². The van der Waals surface area contributed by atoms with E-state index in [9.17, 15) is 9.59 Å². The third-order valence-corrected chi connectivity index (χ3v) is 3.82. The highest BCUT2D eigenvalue weighted by atomic mass is 32.2. The van der Waals surface area contributed by atoms with Crippen LogP contribution < -0.4 is 11.5 Å². The average Bonchev–Trinajstić information content (AvgIpc) is 2.77. The number of carboxylic acid groups (broad SMARTS) is 1. The Kier molecular flexibility index (Phi) is 5.73. The zero-order valence-electron chi connectivity index (χ0n) is 9.67. The predicted octanol–water partition coefficient (Wildman–Crippen LogP) is -0.919. The van der Waals surface area contributed by atoms with Crippen molar-refractivity contribution in [2.24, 2.45) is 11.5 Å². The number of rotatable bonds is 6. The minimum Gasteiger partial charge on any atom is -0.480 e. The van der Waals surface area contributed by atoms with E-state index >= 15 is 0 Å². The van der Waals surface area contributed by atoms with Crippen LogP contribution in [0.25, 0.3) is 0 Å². The first-order valence-electron chi connectivity index (χ1n) is 5.64. The summed E-state index contributed by atoms with van der Waals surface area (Å²) in [5.74, 6) is 0.0273. The van der Waals surface area contributed by atoms with E-state index in [0.717, 1.165) is 12.2 Å². The normalized spacial score (nSPS) is 21.5. The van der Waals surface area contributed by atoms with Gasteiger partial charge in [0, 0.05) is 24.6 Å². The van der Waals surface area contributed by atoms with Gasteiger partial charge in [0.25, 0.3) is 0 Å². The van der Waals surface area contributed by atoms with Gasteiger partial charge in [0.2, 0.25) is 5.91 Å². The summed E-state index contributed by atoms with van der Waals surface area (Å²) in [5.41, 5.74) is 11.1. The first-order chi connectivity index (χ1) is 8.07. The smallest absolute Gasteiger partial charge is 0.326 e. The van der Waals surface area contributed by atoms with E-state index < -0.39 is 18.1 Å². The molecule has 2 atom stereocenters. The summed E-state index contributed by atoms with van der Waals surface area (Å²) in [7, 11) is 0. The largest absolute Gasteiger partial charge is 0.480 e. The van der Waals surface area contributed by atoms with Crippen LogP contribution in [0.4, 0.5) is 0 Å². The van der Waals surface area contributed by atoms with Crippen molar-refractivity contribution in [2.75, 3.05) is 24.6 Å². The van der Waals surface area contributed by atoms with Gasteiger partial charge < -0.3 is 21.5 Å². The van der Waals surface area contributed by atoms with Crippen molar-refractivity contribution in [3.8, 4) is 0 Å². The van der Waals surface area contributed by atoms with Crippen molar-refractivity contribution in [1.82, 2.24) is 4.90 Å². The van der Waals surface area contributed by atoms with E-state index in [1.54, 1.807) is 0 Å². The molecular formula is C10H19N3O3S.